The molecule has 0 saturated carbocycles. The van der Waals surface area contributed by atoms with Crippen LogP contribution in [0.1, 0.15) is 124 Å². The van der Waals surface area contributed by atoms with E-state index in [1.54, 1.807) is 23.9 Å². The number of carbonyl (C=O) groups is 2. The van der Waals surface area contributed by atoms with E-state index < -0.39 is 22.6 Å². The van der Waals surface area contributed by atoms with E-state index in [9.17, 15) is 9.59 Å². The number of benzene rings is 1. The van der Waals surface area contributed by atoms with Crippen LogP contribution in [-0.2, 0) is 18.4 Å². The first-order valence-corrected chi connectivity index (χ1v) is 25.4. The van der Waals surface area contributed by atoms with Gasteiger partial charge in [-0.15, -0.1) is 11.8 Å². The molecule has 1 aliphatic carbocycles. The molecule has 278 valence electrons. The molecule has 0 aliphatic heterocycles. The Labute approximate surface area is 305 Å². The predicted octanol–water partition coefficient (Wildman–Crippen LogP) is 12.0. The molecular formula is C40H68O6SSi2. The van der Waals surface area contributed by atoms with Gasteiger partial charge in [0.2, 0.25) is 0 Å². The Kier molecular flexibility index (Phi) is 17.1. The molecule has 0 bridgehead atoms. The van der Waals surface area contributed by atoms with Crippen molar-refractivity contribution in [3.63, 3.8) is 0 Å². The van der Waals surface area contributed by atoms with Crippen LogP contribution in [0, 0.1) is 11.8 Å². The molecule has 6 nitrogen and oxygen atoms in total. The Morgan fingerprint density at radius 3 is 2.16 bits per heavy atom. The standard InChI is InChI=1S/C40H68O6SSi2/c1-13-14-21-30(2)28-32(45-48(9,10)39(3,4)5)25-26-33-34(46-49(11,12)40(6,7)8)29-35(44-38(43)31-22-17-15-18-23-31)37(33)47-27-20-16-19-24-36(41)42/h15,17-18,22-23,25-26,30,32-34H,13-14,16,19-21,24,27-29H2,1-12H3,(H,41,42)/t30-,32-,33+,34-/m1/s1. The molecule has 0 fully saturated rings. The van der Waals surface area contributed by atoms with Crippen LogP contribution in [0.4, 0.5) is 0 Å². The van der Waals surface area contributed by atoms with Crippen LogP contribution in [0.15, 0.2) is 53.1 Å². The highest BCUT2D eigenvalue weighted by Crippen LogP contribution is 2.47. The van der Waals surface area contributed by atoms with Crippen LogP contribution in [0.2, 0.25) is 36.3 Å². The number of hydrogen-bond acceptors (Lipinski definition) is 6. The number of rotatable bonds is 20. The molecular weight excluding hydrogens is 665 g/mol. The number of carboxylic acid groups (broad SMARTS) is 1. The Morgan fingerprint density at radius 2 is 1.59 bits per heavy atom. The molecule has 0 heterocycles. The van der Waals surface area contributed by atoms with Gasteiger partial charge in [-0.2, -0.15) is 0 Å². The Hall–Kier alpha value is -1.66. The normalized spacial score (nSPS) is 19.0. The molecule has 0 unspecified atom stereocenters. The van der Waals surface area contributed by atoms with Crippen LogP contribution >= 0.6 is 11.8 Å². The first-order chi connectivity index (χ1) is 22.7. The summed E-state index contributed by atoms with van der Waals surface area (Å²) in [6.45, 7) is 27.5. The van der Waals surface area contributed by atoms with Crippen molar-refractivity contribution in [3.05, 3.63) is 58.7 Å². The average Bonchev–Trinajstić information content (AvgIpc) is 3.29. The van der Waals surface area contributed by atoms with E-state index in [1.165, 1.54) is 19.3 Å². The van der Waals surface area contributed by atoms with Gasteiger partial charge in [-0.25, -0.2) is 4.79 Å². The number of carbonyl (C=O) groups excluding carboxylic acids is 1. The zero-order valence-electron chi connectivity index (χ0n) is 32.8. The minimum atomic E-state index is -2.19. The van der Waals surface area contributed by atoms with E-state index in [0.29, 0.717) is 30.1 Å². The summed E-state index contributed by atoms with van der Waals surface area (Å²) in [6.07, 6.45) is 12.1. The van der Waals surface area contributed by atoms with Crippen molar-refractivity contribution >= 4 is 40.3 Å². The summed E-state index contributed by atoms with van der Waals surface area (Å²) in [5.41, 5.74) is 0.526. The summed E-state index contributed by atoms with van der Waals surface area (Å²) in [7, 11) is -4.24. The molecule has 0 amide bonds. The zero-order chi connectivity index (χ0) is 37.0. The highest BCUT2D eigenvalue weighted by molar-refractivity contribution is 8.03. The molecule has 1 N–H and O–H groups in total. The van der Waals surface area contributed by atoms with Gasteiger partial charge >= 0.3 is 11.9 Å². The molecule has 0 aromatic heterocycles. The summed E-state index contributed by atoms with van der Waals surface area (Å²) in [5.74, 6) is 0.871. The van der Waals surface area contributed by atoms with Crippen LogP contribution in [0.25, 0.3) is 0 Å². The molecule has 0 radical (unpaired) electrons. The van der Waals surface area contributed by atoms with Crippen molar-refractivity contribution in [1.82, 2.24) is 0 Å². The lowest BCUT2D eigenvalue weighted by Crippen LogP contribution is -2.45. The van der Waals surface area contributed by atoms with Crippen molar-refractivity contribution in [1.29, 1.82) is 0 Å². The summed E-state index contributed by atoms with van der Waals surface area (Å²) in [5, 5.41) is 9.21. The minimum absolute atomic E-state index is 0.0144. The third kappa shape index (κ3) is 14.1. The van der Waals surface area contributed by atoms with E-state index in [1.807, 2.05) is 18.2 Å². The lowest BCUT2D eigenvalue weighted by atomic mass is 9.96. The monoisotopic (exact) mass is 732 g/mol. The molecule has 1 aromatic rings. The van der Waals surface area contributed by atoms with Crippen LogP contribution in [0.5, 0.6) is 0 Å². The molecule has 2 rings (SSSR count). The number of esters is 1. The van der Waals surface area contributed by atoms with Gasteiger partial charge in [0.05, 0.1) is 17.8 Å². The SMILES string of the molecule is CCCC[C@@H](C)C[C@@H](C=C[C@@H]1C(SCCCCCC(=O)O)=C(OC(=O)c2ccccc2)C[C@H]1O[Si](C)(C)C(C)(C)C)O[Si](C)(C)C(C)(C)C. The van der Waals surface area contributed by atoms with Crippen molar-refractivity contribution in [2.24, 2.45) is 11.8 Å². The van der Waals surface area contributed by atoms with Gasteiger partial charge in [0.1, 0.15) is 5.76 Å². The van der Waals surface area contributed by atoms with Gasteiger partial charge < -0.3 is 18.7 Å². The summed E-state index contributed by atoms with van der Waals surface area (Å²) >= 11 is 1.73. The van der Waals surface area contributed by atoms with E-state index in [0.717, 1.165) is 29.9 Å². The maximum absolute atomic E-state index is 13.4. The summed E-state index contributed by atoms with van der Waals surface area (Å²) in [6, 6.07) is 9.18. The third-order valence-corrected chi connectivity index (χ3v) is 20.9. The van der Waals surface area contributed by atoms with Crippen molar-refractivity contribution in [2.45, 2.75) is 162 Å². The first kappa shape index (κ1) is 43.5. The van der Waals surface area contributed by atoms with Gasteiger partial charge in [-0.3, -0.25) is 4.79 Å². The van der Waals surface area contributed by atoms with Crippen molar-refractivity contribution < 1.29 is 28.3 Å². The average molecular weight is 733 g/mol. The number of carboxylic acids is 1. The van der Waals surface area contributed by atoms with E-state index in [4.69, 9.17) is 18.7 Å². The second-order valence-electron chi connectivity index (χ2n) is 17.0. The molecule has 1 aromatic carbocycles. The number of thioether (sulfide) groups is 1. The second-order valence-corrected chi connectivity index (χ2v) is 27.7. The largest absolute Gasteiger partial charge is 0.481 e. The van der Waals surface area contributed by atoms with Gasteiger partial charge in [-0.1, -0.05) is 111 Å². The number of ether oxygens (including phenoxy) is 1. The predicted molar refractivity (Wildman–Crippen MR) is 212 cm³/mol. The van der Waals surface area contributed by atoms with Crippen molar-refractivity contribution in [2.75, 3.05) is 5.75 Å². The summed E-state index contributed by atoms with van der Waals surface area (Å²) < 4.78 is 20.5. The quantitative estimate of drug-likeness (QED) is 0.0618. The molecule has 4 atom stereocenters. The fraction of sp³-hybridized carbons (Fsp3) is 0.700. The Balaban J connectivity index is 2.56. The maximum atomic E-state index is 13.4. The number of unbranched alkanes of at least 4 members (excludes halogenated alkanes) is 3. The van der Waals surface area contributed by atoms with Crippen LogP contribution < -0.4 is 0 Å². The molecule has 9 heteroatoms. The second kappa shape index (κ2) is 19.3. The Bertz CT molecular complexity index is 1250. The van der Waals surface area contributed by atoms with Crippen LogP contribution in [-0.4, -0.2) is 51.6 Å². The van der Waals surface area contributed by atoms with Crippen molar-refractivity contribution in [3.8, 4) is 0 Å². The minimum Gasteiger partial charge on any atom is -0.481 e. The summed E-state index contributed by atoms with van der Waals surface area (Å²) in [4.78, 5) is 25.5. The molecule has 1 aliphatic rings. The van der Waals surface area contributed by atoms with E-state index >= 15 is 0 Å². The van der Waals surface area contributed by atoms with Gasteiger partial charge in [-0.05, 0) is 79.3 Å². The Morgan fingerprint density at radius 1 is 0.959 bits per heavy atom. The number of aliphatic carboxylic acids is 1. The molecule has 0 saturated heterocycles. The molecule has 0 spiro atoms. The highest BCUT2D eigenvalue weighted by atomic mass is 32.2. The van der Waals surface area contributed by atoms with Gasteiger partial charge in [0, 0.05) is 23.7 Å². The van der Waals surface area contributed by atoms with E-state index in [2.05, 4.69) is 93.7 Å². The van der Waals surface area contributed by atoms with Gasteiger partial charge in [0.25, 0.3) is 0 Å². The fourth-order valence-corrected chi connectivity index (χ4v) is 9.33. The fourth-order valence-electron chi connectivity index (χ4n) is 5.43. The highest BCUT2D eigenvalue weighted by Gasteiger charge is 2.45. The lowest BCUT2D eigenvalue weighted by Gasteiger charge is -2.40. The molecule has 49 heavy (non-hydrogen) atoms. The number of hydrogen-bond donors (Lipinski definition) is 1. The van der Waals surface area contributed by atoms with Crippen LogP contribution in [0.3, 0.4) is 0 Å². The van der Waals surface area contributed by atoms with Gasteiger partial charge in [0.15, 0.2) is 16.6 Å². The lowest BCUT2D eigenvalue weighted by molar-refractivity contribution is -0.137. The zero-order valence-corrected chi connectivity index (χ0v) is 35.6. The topological polar surface area (TPSA) is 82.1 Å². The smallest absolute Gasteiger partial charge is 0.343 e. The maximum Gasteiger partial charge on any atom is 0.343 e. The first-order valence-electron chi connectivity index (χ1n) is 18.6. The van der Waals surface area contributed by atoms with E-state index in [-0.39, 0.29) is 40.6 Å². The third-order valence-electron chi connectivity index (χ3n) is 10.6.